The summed E-state index contributed by atoms with van der Waals surface area (Å²) >= 11 is 0. The van der Waals surface area contributed by atoms with Crippen LogP contribution in [0.1, 0.15) is 34.5 Å². The third-order valence-electron chi connectivity index (χ3n) is 6.64. The first-order valence-corrected chi connectivity index (χ1v) is 11.7. The lowest BCUT2D eigenvalue weighted by molar-refractivity contribution is -0.134. The average molecular weight is 455 g/mol. The number of furan rings is 1. The first-order valence-electron chi connectivity index (χ1n) is 11.7. The predicted molar refractivity (Wildman–Crippen MR) is 125 cm³/mol. The Morgan fingerprint density at radius 1 is 1.00 bits per heavy atom. The highest BCUT2D eigenvalue weighted by molar-refractivity contribution is 5.93. The van der Waals surface area contributed by atoms with Gasteiger partial charge in [0.1, 0.15) is 5.75 Å². The molecule has 1 N–H and O–H groups in total. The Morgan fingerprint density at radius 3 is 2.30 bits per heavy atom. The van der Waals surface area contributed by atoms with Crippen LogP contribution in [0.3, 0.4) is 0 Å². The summed E-state index contributed by atoms with van der Waals surface area (Å²) in [7, 11) is 1.68. The molecule has 0 bridgehead atoms. The number of amides is 2. The van der Waals surface area contributed by atoms with Gasteiger partial charge in [-0.15, -0.1) is 0 Å². The number of piperazine rings is 1. The summed E-state index contributed by atoms with van der Waals surface area (Å²) in [6, 6.07) is 10.1. The van der Waals surface area contributed by atoms with E-state index in [-0.39, 0.29) is 17.9 Å². The van der Waals surface area contributed by atoms with Crippen LogP contribution in [-0.4, -0.2) is 85.5 Å². The summed E-state index contributed by atoms with van der Waals surface area (Å²) < 4.78 is 10.5. The molecule has 8 heteroatoms. The smallest absolute Gasteiger partial charge is 0.287 e. The summed E-state index contributed by atoms with van der Waals surface area (Å²) in [5.74, 6) is 1.30. The fourth-order valence-electron chi connectivity index (χ4n) is 4.53. The second kappa shape index (κ2) is 10.9. The number of hydrogen-bond donors (Lipinski definition) is 1. The normalized spacial score (nSPS) is 18.3. The van der Waals surface area contributed by atoms with Gasteiger partial charge < -0.3 is 19.4 Å². The van der Waals surface area contributed by atoms with Crippen molar-refractivity contribution < 1.29 is 18.7 Å². The molecule has 4 rings (SSSR count). The Morgan fingerprint density at radius 2 is 1.70 bits per heavy atom. The van der Waals surface area contributed by atoms with Crippen LogP contribution in [0.4, 0.5) is 0 Å². The number of likely N-dealkylation sites (tertiary alicyclic amines) is 1. The van der Waals surface area contributed by atoms with Crippen molar-refractivity contribution in [3.63, 3.8) is 0 Å². The van der Waals surface area contributed by atoms with Crippen molar-refractivity contribution in [2.75, 3.05) is 52.9 Å². The van der Waals surface area contributed by atoms with Crippen molar-refractivity contribution >= 4 is 11.8 Å². The number of ether oxygens (including phenoxy) is 1. The van der Waals surface area contributed by atoms with Gasteiger partial charge in [0.15, 0.2) is 5.76 Å². The van der Waals surface area contributed by atoms with Crippen LogP contribution in [0.2, 0.25) is 0 Å². The minimum absolute atomic E-state index is 0.120. The highest BCUT2D eigenvalue weighted by atomic mass is 16.5. The Labute approximate surface area is 195 Å². The van der Waals surface area contributed by atoms with Gasteiger partial charge in [0.25, 0.3) is 5.91 Å². The van der Waals surface area contributed by atoms with Gasteiger partial charge >= 0.3 is 0 Å². The van der Waals surface area contributed by atoms with Gasteiger partial charge in [0.2, 0.25) is 5.91 Å². The van der Waals surface area contributed by atoms with Gasteiger partial charge in [-0.2, -0.15) is 0 Å². The summed E-state index contributed by atoms with van der Waals surface area (Å²) in [5, 5.41) is 3.06. The summed E-state index contributed by atoms with van der Waals surface area (Å²) in [5.41, 5.74) is 2.10. The van der Waals surface area contributed by atoms with Crippen molar-refractivity contribution in [3.05, 3.63) is 53.5 Å². The molecule has 2 amide bonds. The number of carbonyl (C=O) groups is 2. The van der Waals surface area contributed by atoms with Gasteiger partial charge in [-0.25, -0.2) is 0 Å². The lowest BCUT2D eigenvalue weighted by atomic mass is 10.0. The highest BCUT2D eigenvalue weighted by Crippen LogP contribution is 2.16. The van der Waals surface area contributed by atoms with Crippen LogP contribution in [0.15, 0.2) is 41.0 Å². The minimum atomic E-state index is -0.153. The van der Waals surface area contributed by atoms with Gasteiger partial charge in [-0.05, 0) is 43.5 Å². The number of nitrogens with one attached hydrogen (secondary N) is 1. The van der Waals surface area contributed by atoms with Crippen molar-refractivity contribution in [2.45, 2.75) is 32.4 Å². The maximum Gasteiger partial charge on any atom is 0.287 e. The largest absolute Gasteiger partial charge is 0.497 e. The molecule has 8 nitrogen and oxygen atoms in total. The van der Waals surface area contributed by atoms with E-state index in [0.29, 0.717) is 12.3 Å². The molecular formula is C25H34N4O4. The molecule has 0 atom stereocenters. The van der Waals surface area contributed by atoms with Crippen LogP contribution in [-0.2, 0) is 11.3 Å². The number of piperidine rings is 1. The lowest BCUT2D eigenvalue weighted by Crippen LogP contribution is -2.52. The predicted octanol–water partition coefficient (Wildman–Crippen LogP) is 2.14. The molecule has 0 radical (unpaired) electrons. The lowest BCUT2D eigenvalue weighted by Gasteiger charge is -2.37. The second-order valence-corrected chi connectivity index (χ2v) is 8.96. The molecule has 33 heavy (non-hydrogen) atoms. The number of methoxy groups -OCH3 is 1. The van der Waals surface area contributed by atoms with Crippen LogP contribution in [0, 0.1) is 6.92 Å². The summed E-state index contributed by atoms with van der Waals surface area (Å²) in [4.78, 5) is 31.7. The van der Waals surface area contributed by atoms with Gasteiger partial charge in [-0.3, -0.25) is 19.4 Å². The zero-order valence-electron chi connectivity index (χ0n) is 19.6. The van der Waals surface area contributed by atoms with Crippen LogP contribution < -0.4 is 10.1 Å². The van der Waals surface area contributed by atoms with Gasteiger partial charge in [0.05, 0.1) is 19.9 Å². The molecule has 3 heterocycles. The van der Waals surface area contributed by atoms with Crippen LogP contribution in [0.5, 0.6) is 5.75 Å². The first kappa shape index (κ1) is 23.3. The Balaban J connectivity index is 1.15. The van der Waals surface area contributed by atoms with E-state index in [2.05, 4.69) is 27.2 Å². The van der Waals surface area contributed by atoms with E-state index in [1.807, 2.05) is 24.0 Å². The first-order chi connectivity index (χ1) is 16.0. The van der Waals surface area contributed by atoms with Crippen molar-refractivity contribution in [2.24, 2.45) is 0 Å². The maximum absolute atomic E-state index is 12.8. The molecule has 2 fully saturated rings. The minimum Gasteiger partial charge on any atom is -0.497 e. The van der Waals surface area contributed by atoms with Gasteiger partial charge in [-0.1, -0.05) is 12.1 Å². The molecule has 0 aliphatic carbocycles. The molecular weight excluding hydrogens is 420 g/mol. The van der Waals surface area contributed by atoms with E-state index >= 15 is 0 Å². The Bertz CT molecular complexity index is 926. The zero-order valence-corrected chi connectivity index (χ0v) is 19.6. The molecule has 2 saturated heterocycles. The summed E-state index contributed by atoms with van der Waals surface area (Å²) in [6.45, 7) is 8.14. The fraction of sp³-hybridized carbons (Fsp3) is 0.520. The Hall–Kier alpha value is -2.84. The number of hydrogen-bond acceptors (Lipinski definition) is 6. The standard InChI is InChI=1S/C25H34N4O4/c1-19-9-16-33-24(19)25(31)26-21-7-10-27(11-8-21)18-23(30)29-14-12-28(13-15-29)17-20-3-5-22(32-2)6-4-20/h3-6,9,16,21H,7-8,10-15,17-18H2,1-2H3,(H,26,31). The van der Waals surface area contributed by atoms with E-state index in [9.17, 15) is 9.59 Å². The van der Waals surface area contributed by atoms with Crippen molar-refractivity contribution in [1.29, 1.82) is 0 Å². The fourth-order valence-corrected chi connectivity index (χ4v) is 4.53. The van der Waals surface area contributed by atoms with E-state index in [1.54, 1.807) is 13.2 Å². The zero-order chi connectivity index (χ0) is 23.2. The molecule has 178 valence electrons. The number of nitrogens with zero attached hydrogens (tertiary/aromatic N) is 3. The number of aryl methyl sites for hydroxylation is 1. The third-order valence-corrected chi connectivity index (χ3v) is 6.64. The maximum atomic E-state index is 12.8. The molecule has 2 aromatic rings. The molecule has 0 unspecified atom stereocenters. The highest BCUT2D eigenvalue weighted by Gasteiger charge is 2.27. The van der Waals surface area contributed by atoms with E-state index in [4.69, 9.17) is 9.15 Å². The molecule has 0 saturated carbocycles. The SMILES string of the molecule is COc1ccc(CN2CCN(C(=O)CN3CCC(NC(=O)c4occc4C)CC3)CC2)cc1. The van der Waals surface area contributed by atoms with Crippen LogP contribution in [0.25, 0.3) is 0 Å². The Kier molecular flexibility index (Phi) is 7.67. The van der Waals surface area contributed by atoms with Crippen LogP contribution >= 0.6 is 0 Å². The van der Waals surface area contributed by atoms with Crippen molar-refractivity contribution in [3.8, 4) is 5.75 Å². The molecule has 2 aliphatic heterocycles. The second-order valence-electron chi connectivity index (χ2n) is 8.96. The number of rotatable bonds is 7. The average Bonchev–Trinajstić information content (AvgIpc) is 3.27. The number of carbonyl (C=O) groups excluding carboxylic acids is 2. The molecule has 1 aromatic carbocycles. The molecule has 2 aliphatic rings. The molecule has 1 aromatic heterocycles. The van der Waals surface area contributed by atoms with Gasteiger partial charge in [0, 0.05) is 57.4 Å². The molecule has 0 spiro atoms. The number of benzene rings is 1. The van der Waals surface area contributed by atoms with Crippen molar-refractivity contribution in [1.82, 2.24) is 20.0 Å². The third kappa shape index (κ3) is 6.15. The monoisotopic (exact) mass is 454 g/mol. The van der Waals surface area contributed by atoms with E-state index in [0.717, 1.165) is 70.0 Å². The quantitative estimate of drug-likeness (QED) is 0.691. The summed E-state index contributed by atoms with van der Waals surface area (Å²) in [6.07, 6.45) is 3.22. The van der Waals surface area contributed by atoms with E-state index < -0.39 is 0 Å². The van der Waals surface area contributed by atoms with E-state index in [1.165, 1.54) is 11.8 Å². The topological polar surface area (TPSA) is 78.3 Å².